The number of hydrogen-bond donors (Lipinski definition) is 2. The molecule has 7 nitrogen and oxygen atoms in total. The molecular formula is C22H29ClN3O4S+. The van der Waals surface area contributed by atoms with E-state index in [2.05, 4.69) is 19.2 Å². The van der Waals surface area contributed by atoms with Crippen LogP contribution in [0.15, 0.2) is 47.4 Å². The highest BCUT2D eigenvalue weighted by Crippen LogP contribution is 2.27. The molecule has 168 valence electrons. The zero-order chi connectivity index (χ0) is 22.6. The number of quaternary nitrogens is 1. The summed E-state index contributed by atoms with van der Waals surface area (Å²) in [5, 5.41) is 3.33. The number of nitrogens with zero attached hydrogens (tertiary/aromatic N) is 1. The van der Waals surface area contributed by atoms with Crippen LogP contribution < -0.4 is 15.0 Å². The molecule has 1 heterocycles. The summed E-state index contributed by atoms with van der Waals surface area (Å²) in [5.74, 6) is 0.713. The van der Waals surface area contributed by atoms with E-state index in [0.29, 0.717) is 53.5 Å². The molecule has 0 saturated carbocycles. The Morgan fingerprint density at radius 1 is 1.16 bits per heavy atom. The van der Waals surface area contributed by atoms with Crippen molar-refractivity contribution in [2.24, 2.45) is 0 Å². The summed E-state index contributed by atoms with van der Waals surface area (Å²) in [4.78, 5) is 13.8. The Morgan fingerprint density at radius 2 is 1.81 bits per heavy atom. The quantitative estimate of drug-likeness (QED) is 0.654. The number of halogens is 1. The van der Waals surface area contributed by atoms with Gasteiger partial charge >= 0.3 is 0 Å². The van der Waals surface area contributed by atoms with Gasteiger partial charge in [0, 0.05) is 5.02 Å². The second-order valence-electron chi connectivity index (χ2n) is 7.95. The lowest BCUT2D eigenvalue weighted by Crippen LogP contribution is -3.15. The maximum atomic E-state index is 13.0. The molecule has 0 aromatic heterocycles. The summed E-state index contributed by atoms with van der Waals surface area (Å²) >= 11 is 6.01. The monoisotopic (exact) mass is 466 g/mol. The molecule has 3 rings (SSSR count). The Bertz CT molecular complexity index is 1020. The highest BCUT2D eigenvalue weighted by Gasteiger charge is 2.31. The first-order chi connectivity index (χ1) is 14.7. The van der Waals surface area contributed by atoms with Crippen molar-refractivity contribution in [1.29, 1.82) is 0 Å². The van der Waals surface area contributed by atoms with E-state index in [1.807, 2.05) is 12.1 Å². The highest BCUT2D eigenvalue weighted by atomic mass is 35.5. The predicted molar refractivity (Wildman–Crippen MR) is 121 cm³/mol. The molecular weight excluding hydrogens is 438 g/mol. The van der Waals surface area contributed by atoms with Crippen LogP contribution in [-0.4, -0.2) is 58.5 Å². The lowest BCUT2D eigenvalue weighted by atomic mass is 10.0. The number of carbonyl (C=O) groups excluding carboxylic acids is 1. The van der Waals surface area contributed by atoms with Gasteiger partial charge in [-0.1, -0.05) is 37.6 Å². The average Bonchev–Trinajstić information content (AvgIpc) is 2.74. The Morgan fingerprint density at radius 3 is 2.39 bits per heavy atom. The maximum Gasteiger partial charge on any atom is 0.279 e. The molecule has 0 radical (unpaired) electrons. The molecule has 2 aromatic rings. The summed E-state index contributed by atoms with van der Waals surface area (Å²) in [6, 6.07) is 12.1. The van der Waals surface area contributed by atoms with Gasteiger partial charge in [-0.2, -0.15) is 4.31 Å². The molecule has 0 unspecified atom stereocenters. The van der Waals surface area contributed by atoms with Gasteiger partial charge in [0.05, 0.1) is 43.9 Å². The number of hydrogen-bond acceptors (Lipinski definition) is 4. The Kier molecular flexibility index (Phi) is 7.59. The van der Waals surface area contributed by atoms with E-state index in [9.17, 15) is 13.2 Å². The van der Waals surface area contributed by atoms with E-state index in [4.69, 9.17) is 16.3 Å². The zero-order valence-electron chi connectivity index (χ0n) is 18.0. The molecule has 2 N–H and O–H groups in total. The van der Waals surface area contributed by atoms with Crippen LogP contribution in [0.4, 0.5) is 5.69 Å². The van der Waals surface area contributed by atoms with Crippen LogP contribution in [0.3, 0.4) is 0 Å². The van der Waals surface area contributed by atoms with Crippen LogP contribution in [0.2, 0.25) is 5.02 Å². The maximum absolute atomic E-state index is 13.0. The van der Waals surface area contributed by atoms with Crippen LogP contribution >= 0.6 is 11.6 Å². The summed E-state index contributed by atoms with van der Waals surface area (Å²) in [7, 11) is -2.00. The van der Waals surface area contributed by atoms with E-state index in [-0.39, 0.29) is 12.5 Å². The highest BCUT2D eigenvalue weighted by molar-refractivity contribution is 7.89. The molecule has 1 amide bonds. The number of benzene rings is 2. The van der Waals surface area contributed by atoms with Gasteiger partial charge in [0.25, 0.3) is 5.91 Å². The van der Waals surface area contributed by atoms with Crippen molar-refractivity contribution in [3.8, 4) is 5.75 Å². The molecule has 1 fully saturated rings. The lowest BCUT2D eigenvalue weighted by Gasteiger charge is -2.31. The van der Waals surface area contributed by atoms with Crippen LogP contribution in [-0.2, 0) is 14.8 Å². The fourth-order valence-corrected chi connectivity index (χ4v) is 5.21. The SMILES string of the molecule is COc1ccc(Cl)cc1NC(=O)C[NH+]1CCN(S(=O)(=O)c2ccc(C(C)C)cc2)CC1. The van der Waals surface area contributed by atoms with Crippen molar-refractivity contribution in [2.75, 3.05) is 45.2 Å². The number of methoxy groups -OCH3 is 1. The van der Waals surface area contributed by atoms with Gasteiger partial charge in [0.15, 0.2) is 6.54 Å². The van der Waals surface area contributed by atoms with Crippen LogP contribution in [0.5, 0.6) is 5.75 Å². The van der Waals surface area contributed by atoms with Gasteiger partial charge in [-0.05, 0) is 41.8 Å². The fourth-order valence-electron chi connectivity index (χ4n) is 3.59. The number of amides is 1. The van der Waals surface area contributed by atoms with Crippen molar-refractivity contribution in [1.82, 2.24) is 4.31 Å². The van der Waals surface area contributed by atoms with Gasteiger partial charge < -0.3 is 15.0 Å². The lowest BCUT2D eigenvalue weighted by molar-refractivity contribution is -0.895. The van der Waals surface area contributed by atoms with E-state index >= 15 is 0 Å². The van der Waals surface area contributed by atoms with E-state index < -0.39 is 10.0 Å². The van der Waals surface area contributed by atoms with Gasteiger partial charge in [-0.15, -0.1) is 0 Å². The summed E-state index contributed by atoms with van der Waals surface area (Å²) in [6.45, 7) is 6.25. The molecule has 1 saturated heterocycles. The predicted octanol–water partition coefficient (Wildman–Crippen LogP) is 2.00. The first kappa shape index (κ1) is 23.5. The van der Waals surface area contributed by atoms with Crippen molar-refractivity contribution >= 4 is 33.2 Å². The third-order valence-electron chi connectivity index (χ3n) is 5.46. The third kappa shape index (κ3) is 5.77. The summed E-state index contributed by atoms with van der Waals surface area (Å²) < 4.78 is 32.7. The van der Waals surface area contributed by atoms with E-state index in [1.54, 1.807) is 30.3 Å². The number of nitrogens with one attached hydrogen (secondary N) is 2. The first-order valence-electron chi connectivity index (χ1n) is 10.3. The van der Waals surface area contributed by atoms with Crippen molar-refractivity contribution in [3.05, 3.63) is 53.1 Å². The normalized spacial score (nSPS) is 15.8. The Hall–Kier alpha value is -2.13. The minimum absolute atomic E-state index is 0.170. The Balaban J connectivity index is 1.56. The number of ether oxygens (including phenoxy) is 1. The van der Waals surface area contributed by atoms with Crippen LogP contribution in [0.25, 0.3) is 0 Å². The molecule has 0 spiro atoms. The minimum Gasteiger partial charge on any atom is -0.495 e. The van der Waals surface area contributed by atoms with Crippen molar-refractivity contribution in [2.45, 2.75) is 24.7 Å². The van der Waals surface area contributed by atoms with Gasteiger partial charge in [-0.3, -0.25) is 4.79 Å². The second kappa shape index (κ2) is 9.99. The standard InChI is InChI=1S/C22H28ClN3O4S/c1-16(2)17-4-7-19(8-5-17)31(28,29)26-12-10-25(11-13-26)15-22(27)24-20-14-18(23)6-9-21(20)30-3/h4-9,14,16H,10-13,15H2,1-3H3,(H,24,27)/p+1. The van der Waals surface area contributed by atoms with Gasteiger partial charge in [-0.25, -0.2) is 8.42 Å². The smallest absolute Gasteiger partial charge is 0.279 e. The third-order valence-corrected chi connectivity index (χ3v) is 7.61. The largest absolute Gasteiger partial charge is 0.495 e. The number of sulfonamides is 1. The molecule has 0 bridgehead atoms. The van der Waals surface area contributed by atoms with E-state index in [1.165, 1.54) is 11.4 Å². The second-order valence-corrected chi connectivity index (χ2v) is 10.3. The molecule has 1 aliphatic heterocycles. The topological polar surface area (TPSA) is 80.2 Å². The molecule has 0 aliphatic carbocycles. The average molecular weight is 467 g/mol. The van der Waals surface area contributed by atoms with Crippen LogP contribution in [0.1, 0.15) is 25.3 Å². The van der Waals surface area contributed by atoms with Crippen molar-refractivity contribution < 1.29 is 22.8 Å². The van der Waals surface area contributed by atoms with Crippen LogP contribution in [0, 0.1) is 0 Å². The molecule has 1 aliphatic rings. The summed E-state index contributed by atoms with van der Waals surface area (Å²) in [5.41, 5.74) is 1.63. The van der Waals surface area contributed by atoms with Gasteiger partial charge in [0.1, 0.15) is 5.75 Å². The number of anilines is 1. The number of rotatable bonds is 7. The fraction of sp³-hybridized carbons (Fsp3) is 0.409. The van der Waals surface area contributed by atoms with E-state index in [0.717, 1.165) is 10.5 Å². The zero-order valence-corrected chi connectivity index (χ0v) is 19.6. The number of carbonyl (C=O) groups is 1. The number of piperazine rings is 1. The Labute approximate surface area is 189 Å². The molecule has 0 atom stereocenters. The molecule has 31 heavy (non-hydrogen) atoms. The van der Waals surface area contributed by atoms with Gasteiger partial charge in [0.2, 0.25) is 10.0 Å². The minimum atomic E-state index is -3.53. The summed E-state index contributed by atoms with van der Waals surface area (Å²) in [6.07, 6.45) is 0. The molecule has 2 aromatic carbocycles. The first-order valence-corrected chi connectivity index (χ1v) is 12.1. The molecule has 9 heteroatoms. The van der Waals surface area contributed by atoms with Crippen molar-refractivity contribution in [3.63, 3.8) is 0 Å².